The molecule has 0 aliphatic carbocycles. The molecule has 1 aliphatic heterocycles. The molecule has 0 aromatic rings. The van der Waals surface area contributed by atoms with Gasteiger partial charge in [-0.05, 0) is 57.7 Å². The van der Waals surface area contributed by atoms with E-state index in [1.54, 1.807) is 0 Å². The van der Waals surface area contributed by atoms with Crippen molar-refractivity contribution in [3.63, 3.8) is 0 Å². The van der Waals surface area contributed by atoms with Crippen molar-refractivity contribution in [2.45, 2.75) is 52.0 Å². The molecule has 1 saturated heterocycles. The number of nitrogens with one attached hydrogen (secondary N) is 1. The lowest BCUT2D eigenvalue weighted by molar-refractivity contribution is 0.210. The van der Waals surface area contributed by atoms with Gasteiger partial charge in [0, 0.05) is 19.2 Å². The van der Waals surface area contributed by atoms with Gasteiger partial charge in [-0.2, -0.15) is 0 Å². The van der Waals surface area contributed by atoms with E-state index in [9.17, 15) is 0 Å². The van der Waals surface area contributed by atoms with Crippen LogP contribution in [0.25, 0.3) is 0 Å². The second-order valence-electron chi connectivity index (χ2n) is 5.50. The largest absolute Gasteiger partial charge is 0.396 e. The van der Waals surface area contributed by atoms with Crippen molar-refractivity contribution in [3.8, 4) is 0 Å². The van der Waals surface area contributed by atoms with Gasteiger partial charge in [-0.15, -0.1) is 0 Å². The predicted octanol–water partition coefficient (Wildman–Crippen LogP) is 1.86. The van der Waals surface area contributed by atoms with E-state index in [1.165, 1.54) is 38.8 Å². The van der Waals surface area contributed by atoms with Crippen LogP contribution < -0.4 is 5.32 Å². The minimum atomic E-state index is 0.297. The Morgan fingerprint density at radius 3 is 2.88 bits per heavy atom. The maximum absolute atomic E-state index is 9.10. The highest BCUT2D eigenvalue weighted by atomic mass is 16.3. The first-order valence-corrected chi connectivity index (χ1v) is 7.32. The average molecular weight is 242 g/mol. The van der Waals surface area contributed by atoms with E-state index in [4.69, 9.17) is 5.11 Å². The topological polar surface area (TPSA) is 35.5 Å². The van der Waals surface area contributed by atoms with E-state index in [0.29, 0.717) is 12.6 Å². The zero-order valence-corrected chi connectivity index (χ0v) is 11.6. The van der Waals surface area contributed by atoms with E-state index in [2.05, 4.69) is 24.1 Å². The van der Waals surface area contributed by atoms with Crippen LogP contribution in [0, 0.1) is 5.92 Å². The molecular formula is C14H30N2O. The number of hydrogen-bond donors (Lipinski definition) is 2. The third-order valence-corrected chi connectivity index (χ3v) is 3.75. The van der Waals surface area contributed by atoms with Gasteiger partial charge in [0.2, 0.25) is 0 Å². The summed E-state index contributed by atoms with van der Waals surface area (Å²) in [5, 5.41) is 12.7. The highest BCUT2D eigenvalue weighted by Gasteiger charge is 2.17. The van der Waals surface area contributed by atoms with Gasteiger partial charge in [0.25, 0.3) is 0 Å². The molecule has 1 fully saturated rings. The van der Waals surface area contributed by atoms with E-state index in [-0.39, 0.29) is 0 Å². The maximum atomic E-state index is 9.10. The van der Waals surface area contributed by atoms with Gasteiger partial charge in [0.05, 0.1) is 0 Å². The highest BCUT2D eigenvalue weighted by Crippen LogP contribution is 2.16. The quantitative estimate of drug-likeness (QED) is 0.715. The summed E-state index contributed by atoms with van der Waals surface area (Å²) in [6.07, 6.45) is 6.09. The molecular weight excluding hydrogens is 212 g/mol. The molecule has 0 aromatic heterocycles. The first-order chi connectivity index (χ1) is 8.26. The summed E-state index contributed by atoms with van der Waals surface area (Å²) in [5.41, 5.74) is 0. The molecule has 0 aromatic carbocycles. The summed E-state index contributed by atoms with van der Waals surface area (Å²) >= 11 is 0. The molecule has 1 rings (SSSR count). The molecule has 17 heavy (non-hydrogen) atoms. The maximum Gasteiger partial charge on any atom is 0.0446 e. The Balaban J connectivity index is 2.31. The monoisotopic (exact) mass is 242 g/mol. The van der Waals surface area contributed by atoms with Crippen molar-refractivity contribution in [3.05, 3.63) is 0 Å². The molecule has 0 bridgehead atoms. The number of aliphatic hydroxyl groups excluding tert-OH is 1. The standard InChI is InChI=1S/C14H30N2O/c1-3-8-15-14(7-11-17)12-16-9-4-5-13(2)6-10-16/h13-15,17H,3-12H2,1-2H3. The van der Waals surface area contributed by atoms with Gasteiger partial charge in [-0.25, -0.2) is 0 Å². The summed E-state index contributed by atoms with van der Waals surface area (Å²) < 4.78 is 0. The van der Waals surface area contributed by atoms with Gasteiger partial charge in [-0.1, -0.05) is 13.8 Å². The van der Waals surface area contributed by atoms with Gasteiger partial charge in [0.1, 0.15) is 0 Å². The Labute approximate surface area is 107 Å². The van der Waals surface area contributed by atoms with Gasteiger partial charge in [0.15, 0.2) is 0 Å². The molecule has 2 N–H and O–H groups in total. The van der Waals surface area contributed by atoms with E-state index in [0.717, 1.165) is 25.4 Å². The van der Waals surface area contributed by atoms with Crippen molar-refractivity contribution in [2.75, 3.05) is 32.8 Å². The van der Waals surface area contributed by atoms with Crippen molar-refractivity contribution < 1.29 is 5.11 Å². The van der Waals surface area contributed by atoms with Gasteiger partial charge < -0.3 is 15.3 Å². The molecule has 2 atom stereocenters. The molecule has 0 spiro atoms. The highest BCUT2D eigenvalue weighted by molar-refractivity contribution is 4.75. The Kier molecular flexibility index (Phi) is 7.82. The molecule has 3 heteroatoms. The van der Waals surface area contributed by atoms with Crippen LogP contribution in [0.4, 0.5) is 0 Å². The Hall–Kier alpha value is -0.120. The summed E-state index contributed by atoms with van der Waals surface area (Å²) in [7, 11) is 0. The smallest absolute Gasteiger partial charge is 0.0446 e. The molecule has 0 amide bonds. The number of likely N-dealkylation sites (tertiary alicyclic amines) is 1. The second kappa shape index (κ2) is 8.90. The van der Waals surface area contributed by atoms with E-state index in [1.807, 2.05) is 0 Å². The van der Waals surface area contributed by atoms with Crippen LogP contribution in [0.2, 0.25) is 0 Å². The van der Waals surface area contributed by atoms with Crippen LogP contribution in [0.5, 0.6) is 0 Å². The van der Waals surface area contributed by atoms with Crippen LogP contribution in [-0.2, 0) is 0 Å². The van der Waals surface area contributed by atoms with Crippen LogP contribution >= 0.6 is 0 Å². The molecule has 1 heterocycles. The summed E-state index contributed by atoms with van der Waals surface area (Å²) in [6, 6.07) is 0.466. The molecule has 3 nitrogen and oxygen atoms in total. The minimum absolute atomic E-state index is 0.297. The third-order valence-electron chi connectivity index (χ3n) is 3.75. The first-order valence-electron chi connectivity index (χ1n) is 7.32. The minimum Gasteiger partial charge on any atom is -0.396 e. The predicted molar refractivity (Wildman–Crippen MR) is 73.2 cm³/mol. The number of hydrogen-bond acceptors (Lipinski definition) is 3. The Morgan fingerprint density at radius 2 is 2.18 bits per heavy atom. The van der Waals surface area contributed by atoms with Crippen molar-refractivity contribution in [1.82, 2.24) is 10.2 Å². The summed E-state index contributed by atoms with van der Waals surface area (Å²) in [6.45, 7) is 9.49. The fourth-order valence-electron chi connectivity index (χ4n) is 2.58. The number of rotatable bonds is 7. The lowest BCUT2D eigenvalue weighted by Gasteiger charge is -2.26. The summed E-state index contributed by atoms with van der Waals surface area (Å²) in [4.78, 5) is 2.58. The normalized spacial score (nSPS) is 24.5. The van der Waals surface area contributed by atoms with Gasteiger partial charge >= 0.3 is 0 Å². The molecule has 2 unspecified atom stereocenters. The van der Waals surface area contributed by atoms with Crippen molar-refractivity contribution in [2.24, 2.45) is 5.92 Å². The fourth-order valence-corrected chi connectivity index (χ4v) is 2.58. The van der Waals surface area contributed by atoms with Crippen LogP contribution in [0.1, 0.15) is 46.0 Å². The van der Waals surface area contributed by atoms with Crippen LogP contribution in [0.15, 0.2) is 0 Å². The zero-order chi connectivity index (χ0) is 12.5. The van der Waals surface area contributed by atoms with Crippen molar-refractivity contribution in [1.29, 1.82) is 0 Å². The number of aliphatic hydroxyl groups is 1. The SMILES string of the molecule is CCCNC(CCO)CN1CCCC(C)CC1. The first kappa shape index (κ1) is 14.9. The van der Waals surface area contributed by atoms with E-state index < -0.39 is 0 Å². The Bertz CT molecular complexity index is 185. The van der Waals surface area contributed by atoms with Crippen LogP contribution in [0.3, 0.4) is 0 Å². The third kappa shape index (κ3) is 6.39. The lowest BCUT2D eigenvalue weighted by atomic mass is 10.0. The number of nitrogens with zero attached hydrogens (tertiary/aromatic N) is 1. The average Bonchev–Trinajstić information content (AvgIpc) is 2.52. The van der Waals surface area contributed by atoms with Gasteiger partial charge in [-0.3, -0.25) is 0 Å². The second-order valence-corrected chi connectivity index (χ2v) is 5.50. The Morgan fingerprint density at radius 1 is 1.35 bits per heavy atom. The molecule has 102 valence electrons. The van der Waals surface area contributed by atoms with Crippen LogP contribution in [-0.4, -0.2) is 48.8 Å². The fraction of sp³-hybridized carbons (Fsp3) is 1.00. The van der Waals surface area contributed by atoms with Crippen molar-refractivity contribution >= 4 is 0 Å². The molecule has 1 aliphatic rings. The zero-order valence-electron chi connectivity index (χ0n) is 11.6. The molecule has 0 radical (unpaired) electrons. The molecule has 0 saturated carbocycles. The summed E-state index contributed by atoms with van der Waals surface area (Å²) in [5.74, 6) is 0.889. The van der Waals surface area contributed by atoms with E-state index >= 15 is 0 Å². The lowest BCUT2D eigenvalue weighted by Crippen LogP contribution is -2.42.